The average Bonchev–Trinajstić information content (AvgIpc) is 2.65. The average molecular weight is 347 g/mol. The van der Waals surface area contributed by atoms with E-state index in [0.29, 0.717) is 22.6 Å². The summed E-state index contributed by atoms with van der Waals surface area (Å²) < 4.78 is 0. The molecule has 1 atom stereocenters. The Morgan fingerprint density at radius 2 is 2.24 bits per heavy atom. The number of nitrogens with zero attached hydrogens (tertiary/aromatic N) is 5. The Morgan fingerprint density at radius 1 is 1.40 bits per heavy atom. The van der Waals surface area contributed by atoms with Gasteiger partial charge in [-0.05, 0) is 18.6 Å². The first-order chi connectivity index (χ1) is 12.1. The van der Waals surface area contributed by atoms with E-state index in [1.54, 1.807) is 18.3 Å². The van der Waals surface area contributed by atoms with Gasteiger partial charge in [-0.3, -0.25) is 25.6 Å². The van der Waals surface area contributed by atoms with Gasteiger partial charge < -0.3 is 0 Å². The Kier molecular flexibility index (Phi) is 6.96. The highest BCUT2D eigenvalue weighted by Crippen LogP contribution is 2.12. The highest BCUT2D eigenvalue weighted by atomic mass is 16.5. The van der Waals surface area contributed by atoms with Crippen molar-refractivity contribution in [2.24, 2.45) is 5.92 Å². The number of nitrogens with one attached hydrogen (secondary N) is 2. The van der Waals surface area contributed by atoms with Crippen molar-refractivity contribution in [1.29, 1.82) is 0 Å². The van der Waals surface area contributed by atoms with Crippen LogP contribution in [0.25, 0.3) is 11.2 Å². The molecule has 0 saturated carbocycles. The monoisotopic (exact) mass is 347 g/mol. The maximum atomic E-state index is 12.3. The summed E-state index contributed by atoms with van der Waals surface area (Å²) in [5, 5.41) is 17.6. The van der Waals surface area contributed by atoms with Crippen molar-refractivity contribution >= 4 is 29.4 Å². The van der Waals surface area contributed by atoms with Crippen LogP contribution in [0.5, 0.6) is 0 Å². The van der Waals surface area contributed by atoms with Gasteiger partial charge in [0.2, 0.25) is 12.3 Å². The molecule has 2 aromatic heterocycles. The van der Waals surface area contributed by atoms with Crippen molar-refractivity contribution < 1.29 is 14.8 Å². The largest absolute Gasteiger partial charge is 0.286 e. The summed E-state index contributed by atoms with van der Waals surface area (Å²) in [7, 11) is 0. The maximum Gasteiger partial charge on any atom is 0.263 e. The molecule has 0 unspecified atom stereocenters. The van der Waals surface area contributed by atoms with E-state index in [0.717, 1.165) is 19.3 Å². The van der Waals surface area contributed by atoms with Crippen molar-refractivity contribution in [2.75, 3.05) is 12.0 Å². The Hall–Kier alpha value is -2.88. The molecule has 0 aliphatic heterocycles. The minimum Gasteiger partial charge on any atom is -0.286 e. The molecule has 2 amide bonds. The van der Waals surface area contributed by atoms with E-state index in [1.165, 1.54) is 0 Å². The maximum absolute atomic E-state index is 12.3. The molecule has 134 valence electrons. The molecule has 10 heteroatoms. The molecule has 2 heterocycles. The van der Waals surface area contributed by atoms with Crippen LogP contribution in [0.15, 0.2) is 18.3 Å². The van der Waals surface area contributed by atoms with Crippen LogP contribution < -0.4 is 10.9 Å². The fourth-order valence-electron chi connectivity index (χ4n) is 2.26. The number of amides is 2. The van der Waals surface area contributed by atoms with E-state index >= 15 is 0 Å². The summed E-state index contributed by atoms with van der Waals surface area (Å²) in [6.45, 7) is 1.97. The molecule has 0 aliphatic rings. The van der Waals surface area contributed by atoms with Gasteiger partial charge in [0, 0.05) is 6.20 Å². The van der Waals surface area contributed by atoms with Crippen LogP contribution in [0.1, 0.15) is 32.6 Å². The number of hydrazine groups is 1. The van der Waals surface area contributed by atoms with Gasteiger partial charge in [-0.1, -0.05) is 26.2 Å². The van der Waals surface area contributed by atoms with Crippen molar-refractivity contribution in [2.45, 2.75) is 32.6 Å². The lowest BCUT2D eigenvalue weighted by Crippen LogP contribution is -2.40. The van der Waals surface area contributed by atoms with Gasteiger partial charge in [-0.2, -0.15) is 4.98 Å². The molecule has 3 N–H and O–H groups in total. The molecule has 0 fully saturated rings. The molecule has 10 nitrogen and oxygen atoms in total. The van der Waals surface area contributed by atoms with Gasteiger partial charge in [-0.25, -0.2) is 10.0 Å². The number of aromatic nitrogens is 4. The smallest absolute Gasteiger partial charge is 0.263 e. The summed E-state index contributed by atoms with van der Waals surface area (Å²) in [4.78, 5) is 31.1. The van der Waals surface area contributed by atoms with Gasteiger partial charge in [0.05, 0.1) is 12.5 Å². The second kappa shape index (κ2) is 9.42. The van der Waals surface area contributed by atoms with E-state index in [2.05, 4.69) is 37.9 Å². The minimum absolute atomic E-state index is 0.0842. The first kappa shape index (κ1) is 18.5. The van der Waals surface area contributed by atoms with Crippen LogP contribution in [0.4, 0.5) is 5.95 Å². The number of hydrogen-bond donors (Lipinski definition) is 3. The molecule has 0 aromatic carbocycles. The standard InChI is InChI=1S/C15H21N7O3/c1-2-3-4-6-11(9-22(25)10-23)14(24)19-21-15-17-13-12(18-20-15)7-5-8-16-13/h5,7-8,10-11,25H,2-4,6,9H2,1H3,(H,19,24)(H,16,17,20,21)/t11-/m1/s1. The van der Waals surface area contributed by atoms with Crippen molar-refractivity contribution in [3.8, 4) is 0 Å². The SMILES string of the molecule is CCCCC[C@H](CN(O)C=O)C(=O)NNc1nnc2cccnc2n1. The highest BCUT2D eigenvalue weighted by molar-refractivity contribution is 5.80. The molecular formula is C15H21N7O3. The van der Waals surface area contributed by atoms with Crippen LogP contribution >= 0.6 is 0 Å². The quantitative estimate of drug-likeness (QED) is 0.250. The third-order valence-corrected chi connectivity index (χ3v) is 3.58. The first-order valence-electron chi connectivity index (χ1n) is 8.06. The van der Waals surface area contributed by atoms with Gasteiger partial charge >= 0.3 is 0 Å². The highest BCUT2D eigenvalue weighted by Gasteiger charge is 2.20. The Balaban J connectivity index is 1.96. The molecule has 2 rings (SSSR count). The van der Waals surface area contributed by atoms with E-state index < -0.39 is 5.92 Å². The number of unbranched alkanes of at least 4 members (excludes halogenated alkanes) is 2. The number of carbonyl (C=O) groups is 2. The Bertz CT molecular complexity index is 712. The number of anilines is 1. The molecule has 0 saturated heterocycles. The summed E-state index contributed by atoms with van der Waals surface area (Å²) in [6.07, 6.45) is 5.19. The second-order valence-electron chi connectivity index (χ2n) is 5.52. The third-order valence-electron chi connectivity index (χ3n) is 3.58. The normalized spacial score (nSPS) is 11.8. The van der Waals surface area contributed by atoms with Crippen LogP contribution in [0.2, 0.25) is 0 Å². The number of pyridine rings is 1. The van der Waals surface area contributed by atoms with E-state index in [-0.39, 0.29) is 24.8 Å². The van der Waals surface area contributed by atoms with Gasteiger partial charge in [0.25, 0.3) is 5.95 Å². The zero-order chi connectivity index (χ0) is 18.1. The van der Waals surface area contributed by atoms with E-state index in [9.17, 15) is 14.8 Å². The topological polar surface area (TPSA) is 133 Å². The number of carbonyl (C=O) groups excluding carboxylic acids is 2. The zero-order valence-electron chi connectivity index (χ0n) is 13.9. The van der Waals surface area contributed by atoms with Crippen molar-refractivity contribution in [3.05, 3.63) is 18.3 Å². The van der Waals surface area contributed by atoms with Crippen LogP contribution in [-0.4, -0.2) is 49.3 Å². The number of rotatable bonds is 10. The summed E-state index contributed by atoms with van der Waals surface area (Å²) >= 11 is 0. The Labute approximate surface area is 144 Å². The summed E-state index contributed by atoms with van der Waals surface area (Å²) in [5.74, 6) is -0.828. The molecule has 2 aromatic rings. The lowest BCUT2D eigenvalue weighted by Gasteiger charge is -2.19. The van der Waals surface area contributed by atoms with Crippen LogP contribution in [0.3, 0.4) is 0 Å². The molecule has 25 heavy (non-hydrogen) atoms. The molecule has 0 bridgehead atoms. The fourth-order valence-corrected chi connectivity index (χ4v) is 2.26. The van der Waals surface area contributed by atoms with Crippen LogP contribution in [-0.2, 0) is 9.59 Å². The van der Waals surface area contributed by atoms with Gasteiger partial charge in [-0.15, -0.1) is 10.2 Å². The Morgan fingerprint density at radius 3 is 3.00 bits per heavy atom. The third kappa shape index (κ3) is 5.60. The minimum atomic E-state index is -0.555. The number of hydroxylamine groups is 2. The second-order valence-corrected chi connectivity index (χ2v) is 5.52. The lowest BCUT2D eigenvalue weighted by molar-refractivity contribution is -0.154. The van der Waals surface area contributed by atoms with Crippen LogP contribution in [0, 0.1) is 5.92 Å². The summed E-state index contributed by atoms with van der Waals surface area (Å²) in [5.41, 5.74) is 6.01. The molecular weight excluding hydrogens is 326 g/mol. The number of fused-ring (bicyclic) bond motifs is 1. The molecule has 0 aliphatic carbocycles. The van der Waals surface area contributed by atoms with E-state index in [4.69, 9.17) is 0 Å². The molecule has 0 radical (unpaired) electrons. The van der Waals surface area contributed by atoms with Gasteiger partial charge in [0.15, 0.2) is 5.65 Å². The predicted molar refractivity (Wildman–Crippen MR) is 89.1 cm³/mol. The van der Waals surface area contributed by atoms with Crippen molar-refractivity contribution in [3.63, 3.8) is 0 Å². The zero-order valence-corrected chi connectivity index (χ0v) is 13.9. The van der Waals surface area contributed by atoms with Crippen molar-refractivity contribution in [1.82, 2.24) is 30.7 Å². The fraction of sp³-hybridized carbons (Fsp3) is 0.467. The number of hydrogen-bond acceptors (Lipinski definition) is 8. The first-order valence-corrected chi connectivity index (χ1v) is 8.06. The molecule has 0 spiro atoms. The summed E-state index contributed by atoms with van der Waals surface area (Å²) in [6, 6.07) is 3.45. The lowest BCUT2D eigenvalue weighted by atomic mass is 10.0. The van der Waals surface area contributed by atoms with Gasteiger partial charge in [0.1, 0.15) is 5.52 Å². The predicted octanol–water partition coefficient (Wildman–Crippen LogP) is 0.907. The van der Waals surface area contributed by atoms with E-state index in [1.807, 2.05) is 0 Å².